The smallest absolute Gasteiger partial charge is 0.207 e. The Labute approximate surface area is 97.5 Å². The van der Waals surface area contributed by atoms with Gasteiger partial charge in [0.1, 0.15) is 0 Å². The zero-order chi connectivity index (χ0) is 12.2. The molecular formula is C11H18N2O2S. The van der Waals surface area contributed by atoms with Crippen LogP contribution in [0.5, 0.6) is 0 Å². The SMILES string of the molecule is CCN(CC)N(c1ccccc1)S(C)(=O)=O. The Bertz CT molecular complexity index is 413. The van der Waals surface area contributed by atoms with Crippen molar-refractivity contribution in [2.75, 3.05) is 23.8 Å². The Balaban J connectivity index is 3.17. The van der Waals surface area contributed by atoms with Gasteiger partial charge in [-0.05, 0) is 12.1 Å². The third kappa shape index (κ3) is 2.96. The van der Waals surface area contributed by atoms with Crippen LogP contribution < -0.4 is 4.41 Å². The molecule has 5 heteroatoms. The Hall–Kier alpha value is -1.07. The van der Waals surface area contributed by atoms with Gasteiger partial charge < -0.3 is 0 Å². The number of anilines is 1. The van der Waals surface area contributed by atoms with Crippen molar-refractivity contribution in [2.45, 2.75) is 13.8 Å². The van der Waals surface area contributed by atoms with Gasteiger partial charge in [0.05, 0.1) is 11.9 Å². The first-order valence-electron chi connectivity index (χ1n) is 5.31. The number of rotatable bonds is 5. The lowest BCUT2D eigenvalue weighted by molar-refractivity contribution is 0.320. The Morgan fingerprint density at radius 2 is 1.56 bits per heavy atom. The van der Waals surface area contributed by atoms with Gasteiger partial charge in [-0.25, -0.2) is 17.8 Å². The molecule has 0 aliphatic carbocycles. The molecule has 0 aliphatic rings. The molecule has 90 valence electrons. The van der Waals surface area contributed by atoms with E-state index in [1.807, 2.05) is 32.0 Å². The second kappa shape index (κ2) is 5.32. The van der Waals surface area contributed by atoms with Crippen molar-refractivity contribution < 1.29 is 8.42 Å². The lowest BCUT2D eigenvalue weighted by Gasteiger charge is -2.32. The standard InChI is InChI=1S/C11H18N2O2S/c1-4-12(5-2)13(16(3,14)15)11-9-7-6-8-10-11/h6-10H,4-5H2,1-3H3. The summed E-state index contributed by atoms with van der Waals surface area (Å²) in [5, 5.41) is 1.78. The van der Waals surface area contributed by atoms with Crippen LogP contribution in [0, 0.1) is 0 Å². The quantitative estimate of drug-likeness (QED) is 0.738. The summed E-state index contributed by atoms with van der Waals surface area (Å²) in [7, 11) is -3.28. The summed E-state index contributed by atoms with van der Waals surface area (Å²) in [4.78, 5) is 0. The molecule has 1 aromatic carbocycles. The van der Waals surface area contributed by atoms with E-state index in [1.165, 1.54) is 10.7 Å². The molecule has 0 saturated heterocycles. The third-order valence-corrected chi connectivity index (χ3v) is 3.35. The summed E-state index contributed by atoms with van der Waals surface area (Å²) in [6.07, 6.45) is 1.22. The Morgan fingerprint density at radius 1 is 1.06 bits per heavy atom. The van der Waals surface area contributed by atoms with Crippen molar-refractivity contribution in [2.24, 2.45) is 0 Å². The van der Waals surface area contributed by atoms with Gasteiger partial charge in [0.2, 0.25) is 10.0 Å². The summed E-state index contributed by atoms with van der Waals surface area (Å²) in [6, 6.07) is 9.11. The molecule has 0 N–H and O–H groups in total. The molecule has 0 radical (unpaired) electrons. The molecule has 0 spiro atoms. The first kappa shape index (κ1) is 13.0. The van der Waals surface area contributed by atoms with E-state index in [0.29, 0.717) is 18.8 Å². The second-order valence-corrected chi connectivity index (χ2v) is 5.29. The maximum atomic E-state index is 11.8. The number of benzene rings is 1. The molecule has 0 amide bonds. The molecule has 0 aromatic heterocycles. The normalized spacial score (nSPS) is 11.8. The topological polar surface area (TPSA) is 40.6 Å². The summed E-state index contributed by atoms with van der Waals surface area (Å²) in [6.45, 7) is 5.17. The summed E-state index contributed by atoms with van der Waals surface area (Å²) >= 11 is 0. The number of hydrogen-bond donors (Lipinski definition) is 0. The van der Waals surface area contributed by atoms with Crippen molar-refractivity contribution in [3.63, 3.8) is 0 Å². The number of nitrogens with zero attached hydrogens (tertiary/aromatic N) is 2. The highest BCUT2D eigenvalue weighted by Gasteiger charge is 2.22. The third-order valence-electron chi connectivity index (χ3n) is 2.28. The van der Waals surface area contributed by atoms with Crippen LogP contribution in [-0.2, 0) is 10.0 Å². The highest BCUT2D eigenvalue weighted by atomic mass is 32.2. The van der Waals surface area contributed by atoms with Gasteiger partial charge in [-0.1, -0.05) is 32.0 Å². The number of para-hydroxylation sites is 1. The zero-order valence-corrected chi connectivity index (χ0v) is 10.7. The van der Waals surface area contributed by atoms with Crippen molar-refractivity contribution in [1.82, 2.24) is 5.01 Å². The first-order valence-corrected chi connectivity index (χ1v) is 7.15. The van der Waals surface area contributed by atoms with E-state index in [4.69, 9.17) is 0 Å². The van der Waals surface area contributed by atoms with E-state index in [2.05, 4.69) is 0 Å². The molecule has 16 heavy (non-hydrogen) atoms. The molecule has 0 fully saturated rings. The summed E-state index contributed by atoms with van der Waals surface area (Å²) < 4.78 is 24.9. The molecule has 4 nitrogen and oxygen atoms in total. The molecule has 0 atom stereocenters. The fourth-order valence-electron chi connectivity index (χ4n) is 1.60. The van der Waals surface area contributed by atoms with Gasteiger partial charge in [-0.3, -0.25) is 0 Å². The van der Waals surface area contributed by atoms with Crippen LogP contribution in [0.25, 0.3) is 0 Å². The number of hydrazine groups is 1. The van der Waals surface area contributed by atoms with Crippen LogP contribution in [0.1, 0.15) is 13.8 Å². The van der Waals surface area contributed by atoms with E-state index in [-0.39, 0.29) is 0 Å². The van der Waals surface area contributed by atoms with Crippen molar-refractivity contribution in [1.29, 1.82) is 0 Å². The van der Waals surface area contributed by atoms with Crippen LogP contribution >= 0.6 is 0 Å². The fraction of sp³-hybridized carbons (Fsp3) is 0.455. The van der Waals surface area contributed by atoms with Crippen LogP contribution in [-0.4, -0.2) is 32.8 Å². The van der Waals surface area contributed by atoms with Gasteiger partial charge >= 0.3 is 0 Å². The van der Waals surface area contributed by atoms with Crippen LogP contribution in [0.15, 0.2) is 30.3 Å². The minimum Gasteiger partial charge on any atom is -0.207 e. The lowest BCUT2D eigenvalue weighted by atomic mass is 10.3. The Kier molecular flexibility index (Phi) is 4.32. The molecule has 0 unspecified atom stereocenters. The zero-order valence-electron chi connectivity index (χ0n) is 9.92. The second-order valence-electron chi connectivity index (χ2n) is 3.48. The van der Waals surface area contributed by atoms with Crippen LogP contribution in [0.4, 0.5) is 5.69 Å². The summed E-state index contributed by atoms with van der Waals surface area (Å²) in [5.74, 6) is 0. The van der Waals surface area contributed by atoms with Crippen molar-refractivity contribution in [3.05, 3.63) is 30.3 Å². The van der Waals surface area contributed by atoms with Crippen molar-refractivity contribution in [3.8, 4) is 0 Å². The number of hydrogen-bond acceptors (Lipinski definition) is 3. The summed E-state index contributed by atoms with van der Waals surface area (Å²) in [5.41, 5.74) is 0.675. The van der Waals surface area contributed by atoms with E-state index >= 15 is 0 Å². The highest BCUT2D eigenvalue weighted by Crippen LogP contribution is 2.18. The first-order chi connectivity index (χ1) is 7.50. The molecule has 0 bridgehead atoms. The van der Waals surface area contributed by atoms with Crippen LogP contribution in [0.3, 0.4) is 0 Å². The predicted octanol–water partition coefficient (Wildman–Crippen LogP) is 1.71. The van der Waals surface area contributed by atoms with Gasteiger partial charge in [0, 0.05) is 13.1 Å². The predicted molar refractivity (Wildman–Crippen MR) is 66.7 cm³/mol. The average molecular weight is 242 g/mol. The molecule has 0 saturated carbocycles. The van der Waals surface area contributed by atoms with Gasteiger partial charge in [0.15, 0.2) is 0 Å². The maximum absolute atomic E-state index is 11.8. The minimum atomic E-state index is -3.28. The minimum absolute atomic E-state index is 0.651. The Morgan fingerprint density at radius 3 is 1.94 bits per heavy atom. The fourth-order valence-corrected chi connectivity index (χ4v) is 2.76. The van der Waals surface area contributed by atoms with E-state index in [9.17, 15) is 8.42 Å². The average Bonchev–Trinajstić information content (AvgIpc) is 2.25. The molecule has 1 aromatic rings. The molecule has 0 heterocycles. The monoisotopic (exact) mass is 242 g/mol. The van der Waals surface area contributed by atoms with Gasteiger partial charge in [-0.2, -0.15) is 0 Å². The van der Waals surface area contributed by atoms with E-state index in [0.717, 1.165) is 0 Å². The molecule has 0 aliphatic heterocycles. The lowest BCUT2D eigenvalue weighted by Crippen LogP contribution is -2.46. The van der Waals surface area contributed by atoms with E-state index in [1.54, 1.807) is 17.1 Å². The number of sulfonamides is 1. The van der Waals surface area contributed by atoms with Crippen LogP contribution in [0.2, 0.25) is 0 Å². The maximum Gasteiger partial charge on any atom is 0.245 e. The molecular weight excluding hydrogens is 224 g/mol. The van der Waals surface area contributed by atoms with Crippen molar-refractivity contribution >= 4 is 15.7 Å². The molecule has 1 rings (SSSR count). The highest BCUT2D eigenvalue weighted by molar-refractivity contribution is 7.92. The van der Waals surface area contributed by atoms with Gasteiger partial charge in [-0.15, -0.1) is 0 Å². The van der Waals surface area contributed by atoms with E-state index < -0.39 is 10.0 Å². The largest absolute Gasteiger partial charge is 0.245 e. The van der Waals surface area contributed by atoms with Gasteiger partial charge in [0.25, 0.3) is 0 Å².